The van der Waals surface area contributed by atoms with Crippen molar-refractivity contribution in [3.05, 3.63) is 34.9 Å². The molecule has 2 rings (SSSR count). The molecule has 0 aromatic heterocycles. The van der Waals surface area contributed by atoms with E-state index in [-0.39, 0.29) is 17.7 Å². The van der Waals surface area contributed by atoms with Crippen molar-refractivity contribution in [3.63, 3.8) is 0 Å². The number of nitrogens with one attached hydrogen (secondary N) is 1. The molecule has 0 aliphatic heterocycles. The highest BCUT2D eigenvalue weighted by Gasteiger charge is 2.30. The summed E-state index contributed by atoms with van der Waals surface area (Å²) in [4.78, 5) is 0. The Morgan fingerprint density at radius 2 is 2.00 bits per heavy atom. The maximum atomic E-state index is 14.0. The predicted octanol–water partition coefficient (Wildman–Crippen LogP) is 4.11. The molecule has 1 aliphatic carbocycles. The standard InChI is InChI=1S/C15H21F2N/c1-3-7-18-15(11-5-4-6-11)12-9-13(16)10(2)8-14(12)17/h8-9,11,15,18H,3-7H2,1-2H3. The molecule has 0 heterocycles. The Balaban J connectivity index is 2.25. The van der Waals surface area contributed by atoms with Crippen LogP contribution in [0.3, 0.4) is 0 Å². The van der Waals surface area contributed by atoms with Crippen LogP contribution in [0.4, 0.5) is 8.78 Å². The smallest absolute Gasteiger partial charge is 0.128 e. The molecule has 1 fully saturated rings. The summed E-state index contributed by atoms with van der Waals surface area (Å²) in [5, 5.41) is 3.37. The Morgan fingerprint density at radius 1 is 1.28 bits per heavy atom. The minimum Gasteiger partial charge on any atom is -0.310 e. The zero-order valence-corrected chi connectivity index (χ0v) is 11.1. The zero-order chi connectivity index (χ0) is 13.1. The maximum Gasteiger partial charge on any atom is 0.128 e. The lowest BCUT2D eigenvalue weighted by Crippen LogP contribution is -2.33. The Labute approximate surface area is 108 Å². The molecule has 1 saturated carbocycles. The summed E-state index contributed by atoms with van der Waals surface area (Å²) in [7, 11) is 0. The summed E-state index contributed by atoms with van der Waals surface area (Å²) in [6.45, 7) is 4.52. The average Bonchev–Trinajstić information content (AvgIpc) is 2.27. The molecule has 0 spiro atoms. The molecule has 0 bridgehead atoms. The van der Waals surface area contributed by atoms with Crippen LogP contribution in [0.15, 0.2) is 12.1 Å². The van der Waals surface area contributed by atoms with E-state index in [4.69, 9.17) is 0 Å². The molecule has 1 unspecified atom stereocenters. The lowest BCUT2D eigenvalue weighted by Gasteiger charge is -2.35. The number of hydrogen-bond donors (Lipinski definition) is 1. The summed E-state index contributed by atoms with van der Waals surface area (Å²) < 4.78 is 27.7. The lowest BCUT2D eigenvalue weighted by molar-refractivity contribution is 0.226. The average molecular weight is 253 g/mol. The van der Waals surface area contributed by atoms with Crippen LogP contribution in [0.5, 0.6) is 0 Å². The first kappa shape index (κ1) is 13.5. The summed E-state index contributed by atoms with van der Waals surface area (Å²) in [6, 6.07) is 2.65. The van der Waals surface area contributed by atoms with Crippen molar-refractivity contribution in [2.24, 2.45) is 5.92 Å². The molecule has 0 saturated heterocycles. The highest BCUT2D eigenvalue weighted by molar-refractivity contribution is 5.28. The first-order valence-corrected chi connectivity index (χ1v) is 6.82. The summed E-state index contributed by atoms with van der Waals surface area (Å²) in [5.41, 5.74) is 0.871. The molecule has 0 radical (unpaired) electrons. The van der Waals surface area contributed by atoms with Crippen molar-refractivity contribution in [2.45, 2.75) is 45.6 Å². The first-order valence-electron chi connectivity index (χ1n) is 6.82. The van der Waals surface area contributed by atoms with Gasteiger partial charge in [0.2, 0.25) is 0 Å². The third-order valence-electron chi connectivity index (χ3n) is 3.85. The topological polar surface area (TPSA) is 12.0 Å². The van der Waals surface area contributed by atoms with Gasteiger partial charge < -0.3 is 5.32 Å². The molecule has 1 aromatic rings. The highest BCUT2D eigenvalue weighted by Crippen LogP contribution is 2.38. The second-order valence-electron chi connectivity index (χ2n) is 5.25. The normalized spacial score (nSPS) is 17.6. The second-order valence-corrected chi connectivity index (χ2v) is 5.25. The summed E-state index contributed by atoms with van der Waals surface area (Å²) >= 11 is 0. The molecule has 0 amide bonds. The van der Waals surface area contributed by atoms with Crippen LogP contribution in [0, 0.1) is 24.5 Å². The van der Waals surface area contributed by atoms with Gasteiger partial charge in [-0.3, -0.25) is 0 Å². The van der Waals surface area contributed by atoms with Gasteiger partial charge in [-0.1, -0.05) is 13.3 Å². The minimum atomic E-state index is -0.311. The van der Waals surface area contributed by atoms with Crippen molar-refractivity contribution in [2.75, 3.05) is 6.54 Å². The Hall–Kier alpha value is -0.960. The number of halogens is 2. The monoisotopic (exact) mass is 253 g/mol. The highest BCUT2D eigenvalue weighted by atomic mass is 19.1. The molecule has 3 heteroatoms. The van der Waals surface area contributed by atoms with Crippen LogP contribution in [-0.2, 0) is 0 Å². The van der Waals surface area contributed by atoms with Crippen LogP contribution in [0.2, 0.25) is 0 Å². The van der Waals surface area contributed by atoms with Crippen LogP contribution >= 0.6 is 0 Å². The fourth-order valence-corrected chi connectivity index (χ4v) is 2.50. The third kappa shape index (κ3) is 2.72. The molecular weight excluding hydrogens is 232 g/mol. The maximum absolute atomic E-state index is 14.0. The Morgan fingerprint density at radius 3 is 2.56 bits per heavy atom. The number of rotatable bonds is 5. The van der Waals surface area contributed by atoms with Crippen molar-refractivity contribution >= 4 is 0 Å². The quantitative estimate of drug-likeness (QED) is 0.832. The third-order valence-corrected chi connectivity index (χ3v) is 3.85. The van der Waals surface area contributed by atoms with Gasteiger partial charge in [-0.2, -0.15) is 0 Å². The lowest BCUT2D eigenvalue weighted by atomic mass is 9.77. The van der Waals surface area contributed by atoms with E-state index >= 15 is 0 Å². The van der Waals surface area contributed by atoms with E-state index in [9.17, 15) is 8.78 Å². The summed E-state index contributed by atoms with van der Waals surface area (Å²) in [5.74, 6) is -0.142. The Kier molecular flexibility index (Phi) is 4.33. The van der Waals surface area contributed by atoms with Crippen LogP contribution in [0.1, 0.15) is 49.8 Å². The number of aryl methyl sites for hydroxylation is 1. The van der Waals surface area contributed by atoms with Gasteiger partial charge in [-0.25, -0.2) is 8.78 Å². The molecule has 1 atom stereocenters. The van der Waals surface area contributed by atoms with E-state index in [0.717, 1.165) is 25.8 Å². The van der Waals surface area contributed by atoms with Gasteiger partial charge in [0.25, 0.3) is 0 Å². The number of hydrogen-bond acceptors (Lipinski definition) is 1. The first-order chi connectivity index (χ1) is 8.63. The van der Waals surface area contributed by atoms with Crippen LogP contribution < -0.4 is 5.32 Å². The SMILES string of the molecule is CCCNC(c1cc(F)c(C)cc1F)C1CCC1. The van der Waals surface area contributed by atoms with E-state index in [1.165, 1.54) is 18.6 Å². The van der Waals surface area contributed by atoms with E-state index in [2.05, 4.69) is 12.2 Å². The molecule has 1 aliphatic rings. The minimum absolute atomic E-state index is 0.0335. The van der Waals surface area contributed by atoms with Gasteiger partial charge in [0.05, 0.1) is 0 Å². The summed E-state index contributed by atoms with van der Waals surface area (Å²) in [6.07, 6.45) is 4.41. The van der Waals surface area contributed by atoms with Gasteiger partial charge in [-0.05, 0) is 56.3 Å². The van der Waals surface area contributed by atoms with E-state index < -0.39 is 0 Å². The van der Waals surface area contributed by atoms with Crippen molar-refractivity contribution in [3.8, 4) is 0 Å². The molecule has 1 nitrogen and oxygen atoms in total. The zero-order valence-electron chi connectivity index (χ0n) is 11.1. The fourth-order valence-electron chi connectivity index (χ4n) is 2.50. The largest absolute Gasteiger partial charge is 0.310 e. The van der Waals surface area contributed by atoms with Crippen molar-refractivity contribution < 1.29 is 8.78 Å². The number of benzene rings is 1. The van der Waals surface area contributed by atoms with E-state index in [1.807, 2.05) is 0 Å². The molecule has 1 aromatic carbocycles. The van der Waals surface area contributed by atoms with Gasteiger partial charge in [-0.15, -0.1) is 0 Å². The predicted molar refractivity (Wildman–Crippen MR) is 69.5 cm³/mol. The molecule has 18 heavy (non-hydrogen) atoms. The van der Waals surface area contributed by atoms with E-state index in [0.29, 0.717) is 17.0 Å². The molecular formula is C15H21F2N. The molecule has 100 valence electrons. The van der Waals surface area contributed by atoms with Gasteiger partial charge >= 0.3 is 0 Å². The van der Waals surface area contributed by atoms with Gasteiger partial charge in [0, 0.05) is 11.6 Å². The van der Waals surface area contributed by atoms with Crippen molar-refractivity contribution in [1.82, 2.24) is 5.32 Å². The molecule has 1 N–H and O–H groups in total. The second kappa shape index (κ2) is 5.79. The fraction of sp³-hybridized carbons (Fsp3) is 0.600. The van der Waals surface area contributed by atoms with E-state index in [1.54, 1.807) is 6.92 Å². The Bertz CT molecular complexity index is 413. The van der Waals surface area contributed by atoms with Crippen molar-refractivity contribution in [1.29, 1.82) is 0 Å². The van der Waals surface area contributed by atoms with Crippen LogP contribution in [-0.4, -0.2) is 6.54 Å². The van der Waals surface area contributed by atoms with Crippen LogP contribution in [0.25, 0.3) is 0 Å². The van der Waals surface area contributed by atoms with Gasteiger partial charge in [0.15, 0.2) is 0 Å². The van der Waals surface area contributed by atoms with Gasteiger partial charge in [0.1, 0.15) is 11.6 Å².